The Labute approximate surface area is 125 Å². The van der Waals surface area contributed by atoms with Crippen LogP contribution in [0.4, 0.5) is 17.1 Å². The van der Waals surface area contributed by atoms with Crippen molar-refractivity contribution in [2.75, 3.05) is 17.7 Å². The number of nitro benzene ring substituents is 1. The van der Waals surface area contributed by atoms with Gasteiger partial charge in [-0.3, -0.25) is 14.9 Å². The minimum Gasteiger partial charge on any atom is -0.387 e. The maximum Gasteiger partial charge on any atom is 0.270 e. The fourth-order valence-electron chi connectivity index (χ4n) is 1.80. The Morgan fingerprint density at radius 2 is 1.90 bits per heavy atom. The minimum atomic E-state index is -0.550. The van der Waals surface area contributed by atoms with Crippen molar-refractivity contribution in [3.8, 4) is 0 Å². The van der Waals surface area contributed by atoms with Gasteiger partial charge in [0.2, 0.25) is 0 Å². The molecule has 0 bridgehead atoms. The van der Waals surface area contributed by atoms with Crippen LogP contribution in [0.1, 0.15) is 10.4 Å². The highest BCUT2D eigenvalue weighted by Crippen LogP contribution is 2.25. The van der Waals surface area contributed by atoms with E-state index in [9.17, 15) is 14.9 Å². The largest absolute Gasteiger partial charge is 0.387 e. The summed E-state index contributed by atoms with van der Waals surface area (Å²) in [5.41, 5.74) is 0.952. The molecule has 0 fully saturated rings. The van der Waals surface area contributed by atoms with Crippen LogP contribution in [0.3, 0.4) is 0 Å². The zero-order valence-corrected chi connectivity index (χ0v) is 11.8. The van der Waals surface area contributed by atoms with E-state index in [1.165, 1.54) is 18.2 Å². The third-order valence-corrected chi connectivity index (χ3v) is 3.18. The maximum absolute atomic E-state index is 12.3. The molecule has 0 saturated carbocycles. The number of hydrogen-bond acceptors (Lipinski definition) is 4. The summed E-state index contributed by atoms with van der Waals surface area (Å²) >= 11 is 5.97. The molecule has 0 unspecified atom stereocenters. The average Bonchev–Trinajstić information content (AvgIpc) is 2.48. The van der Waals surface area contributed by atoms with Gasteiger partial charge in [0.15, 0.2) is 0 Å². The summed E-state index contributed by atoms with van der Waals surface area (Å²) in [4.78, 5) is 22.6. The minimum absolute atomic E-state index is 0.154. The normalized spacial score (nSPS) is 10.0. The number of halogens is 1. The Balaban J connectivity index is 2.36. The number of nitrogens with one attached hydrogen (secondary N) is 2. The number of hydrogen-bond donors (Lipinski definition) is 2. The van der Waals surface area contributed by atoms with E-state index in [4.69, 9.17) is 11.6 Å². The summed E-state index contributed by atoms with van der Waals surface area (Å²) in [6, 6.07) is 10.8. The average molecular weight is 306 g/mol. The molecule has 2 N–H and O–H groups in total. The van der Waals surface area contributed by atoms with Gasteiger partial charge in [0.25, 0.3) is 11.6 Å². The van der Waals surface area contributed by atoms with Gasteiger partial charge in [-0.1, -0.05) is 23.7 Å². The number of carbonyl (C=O) groups excluding carboxylic acids is 1. The van der Waals surface area contributed by atoms with Gasteiger partial charge in [-0.15, -0.1) is 0 Å². The molecule has 21 heavy (non-hydrogen) atoms. The van der Waals surface area contributed by atoms with Gasteiger partial charge >= 0.3 is 0 Å². The van der Waals surface area contributed by atoms with Crippen LogP contribution >= 0.6 is 11.6 Å². The van der Waals surface area contributed by atoms with Crippen molar-refractivity contribution in [3.63, 3.8) is 0 Å². The van der Waals surface area contributed by atoms with E-state index in [0.717, 1.165) is 0 Å². The van der Waals surface area contributed by atoms with Gasteiger partial charge < -0.3 is 10.6 Å². The Morgan fingerprint density at radius 1 is 1.19 bits per heavy atom. The van der Waals surface area contributed by atoms with Crippen molar-refractivity contribution in [3.05, 3.63) is 63.2 Å². The highest BCUT2D eigenvalue weighted by atomic mass is 35.5. The lowest BCUT2D eigenvalue weighted by atomic mass is 10.1. The molecule has 0 aliphatic heterocycles. The van der Waals surface area contributed by atoms with Gasteiger partial charge in [0.1, 0.15) is 0 Å². The maximum atomic E-state index is 12.3. The van der Waals surface area contributed by atoms with Crippen LogP contribution in [0.25, 0.3) is 0 Å². The van der Waals surface area contributed by atoms with Crippen LogP contribution in [0.5, 0.6) is 0 Å². The van der Waals surface area contributed by atoms with Crippen molar-refractivity contribution < 1.29 is 9.72 Å². The fraction of sp³-hybridized carbons (Fsp3) is 0.0714. The van der Waals surface area contributed by atoms with E-state index in [1.807, 2.05) is 0 Å². The number of nitro groups is 1. The first kappa shape index (κ1) is 14.8. The highest BCUT2D eigenvalue weighted by Gasteiger charge is 2.17. The van der Waals surface area contributed by atoms with Gasteiger partial charge in [-0.05, 0) is 18.2 Å². The zero-order chi connectivity index (χ0) is 15.4. The molecule has 2 aromatic rings. The van der Waals surface area contributed by atoms with E-state index in [1.54, 1.807) is 31.3 Å². The van der Waals surface area contributed by atoms with Crippen LogP contribution in [0.15, 0.2) is 42.5 Å². The first-order valence-electron chi connectivity index (χ1n) is 6.05. The predicted molar refractivity (Wildman–Crippen MR) is 82.0 cm³/mol. The summed E-state index contributed by atoms with van der Waals surface area (Å²) in [6.07, 6.45) is 0. The number of nitrogens with zero attached hydrogens (tertiary/aromatic N) is 1. The number of non-ortho nitro benzene ring substituents is 1. The molecule has 7 heteroatoms. The molecule has 0 atom stereocenters. The second-order valence-electron chi connectivity index (χ2n) is 4.17. The van der Waals surface area contributed by atoms with Crippen LogP contribution in [0.2, 0.25) is 5.02 Å². The number of carbonyl (C=O) groups is 1. The van der Waals surface area contributed by atoms with Crippen molar-refractivity contribution in [1.29, 1.82) is 0 Å². The molecular formula is C14H12ClN3O3. The number of amides is 1. The molecule has 0 aliphatic rings. The van der Waals surface area contributed by atoms with Crippen LogP contribution < -0.4 is 10.6 Å². The zero-order valence-electron chi connectivity index (χ0n) is 11.1. The molecule has 2 rings (SSSR count). The Kier molecular flexibility index (Phi) is 4.39. The lowest BCUT2D eigenvalue weighted by Crippen LogP contribution is -2.14. The second-order valence-corrected chi connectivity index (χ2v) is 4.58. The first-order chi connectivity index (χ1) is 10.0. The molecule has 0 aromatic heterocycles. The molecule has 108 valence electrons. The topological polar surface area (TPSA) is 84.3 Å². The van der Waals surface area contributed by atoms with Crippen molar-refractivity contribution >= 4 is 34.6 Å². The van der Waals surface area contributed by atoms with Crippen LogP contribution in [0, 0.1) is 10.1 Å². The number of anilines is 2. The summed E-state index contributed by atoms with van der Waals surface area (Å²) in [5.74, 6) is -0.476. The lowest BCUT2D eigenvalue weighted by molar-refractivity contribution is -0.384. The van der Waals surface area contributed by atoms with Crippen molar-refractivity contribution in [1.82, 2.24) is 0 Å². The Bertz CT molecular complexity index is 704. The molecule has 0 saturated heterocycles. The molecular weight excluding hydrogens is 294 g/mol. The van der Waals surface area contributed by atoms with E-state index in [-0.39, 0.29) is 11.3 Å². The predicted octanol–water partition coefficient (Wildman–Crippen LogP) is 3.54. The van der Waals surface area contributed by atoms with Gasteiger partial charge in [0.05, 0.1) is 21.2 Å². The first-order valence-corrected chi connectivity index (χ1v) is 6.43. The standard InChI is InChI=1S/C14H12ClN3O3/c1-16-12-7-6-9(18(20)21)8-10(12)14(19)17-13-5-3-2-4-11(13)15/h2-8,16H,1H3,(H,17,19). The number of para-hydroxylation sites is 1. The molecule has 2 aromatic carbocycles. The highest BCUT2D eigenvalue weighted by molar-refractivity contribution is 6.34. The smallest absolute Gasteiger partial charge is 0.270 e. The summed E-state index contributed by atoms with van der Waals surface area (Å²) in [7, 11) is 1.63. The van der Waals surface area contributed by atoms with Gasteiger partial charge in [-0.2, -0.15) is 0 Å². The molecule has 0 heterocycles. The lowest BCUT2D eigenvalue weighted by Gasteiger charge is -2.10. The quantitative estimate of drug-likeness (QED) is 0.668. The molecule has 1 amide bonds. The van der Waals surface area contributed by atoms with E-state index in [0.29, 0.717) is 16.4 Å². The molecule has 6 nitrogen and oxygen atoms in total. The van der Waals surface area contributed by atoms with E-state index >= 15 is 0 Å². The SMILES string of the molecule is CNc1ccc([N+](=O)[O-])cc1C(=O)Nc1ccccc1Cl. The summed E-state index contributed by atoms with van der Waals surface area (Å²) in [5, 5.41) is 16.7. The molecule has 0 aliphatic carbocycles. The van der Waals surface area contributed by atoms with Crippen molar-refractivity contribution in [2.45, 2.75) is 0 Å². The van der Waals surface area contributed by atoms with Crippen LogP contribution in [-0.4, -0.2) is 17.9 Å². The Morgan fingerprint density at radius 3 is 2.52 bits per heavy atom. The number of benzene rings is 2. The summed E-state index contributed by atoms with van der Waals surface area (Å²) in [6.45, 7) is 0. The summed E-state index contributed by atoms with van der Waals surface area (Å²) < 4.78 is 0. The third-order valence-electron chi connectivity index (χ3n) is 2.85. The monoisotopic (exact) mass is 305 g/mol. The fourth-order valence-corrected chi connectivity index (χ4v) is 1.99. The van der Waals surface area contributed by atoms with Crippen molar-refractivity contribution in [2.24, 2.45) is 0 Å². The molecule has 0 radical (unpaired) electrons. The third kappa shape index (κ3) is 3.29. The number of rotatable bonds is 4. The van der Waals surface area contributed by atoms with E-state index in [2.05, 4.69) is 10.6 Å². The van der Waals surface area contributed by atoms with Gasteiger partial charge in [-0.25, -0.2) is 0 Å². The van der Waals surface area contributed by atoms with Gasteiger partial charge in [0, 0.05) is 24.9 Å². The van der Waals surface area contributed by atoms with Crippen LogP contribution in [-0.2, 0) is 0 Å². The molecule has 0 spiro atoms. The van der Waals surface area contributed by atoms with E-state index < -0.39 is 10.8 Å². The second kappa shape index (κ2) is 6.23. The Hall–Kier alpha value is -2.60.